The zero-order valence-corrected chi connectivity index (χ0v) is 17.9. The predicted molar refractivity (Wildman–Crippen MR) is 116 cm³/mol. The lowest BCUT2D eigenvalue weighted by Gasteiger charge is -2.23. The first-order valence-electron chi connectivity index (χ1n) is 9.02. The lowest BCUT2D eigenvalue weighted by molar-refractivity contribution is -0.118. The van der Waals surface area contributed by atoms with Gasteiger partial charge in [-0.1, -0.05) is 22.7 Å². The van der Waals surface area contributed by atoms with E-state index in [1.807, 2.05) is 39.8 Å². The minimum atomic E-state index is -0.163. The number of fused-ring (bicyclic) bond motifs is 2. The second-order valence-corrected chi connectivity index (χ2v) is 8.92. The highest BCUT2D eigenvalue weighted by atomic mass is 32.1. The first-order chi connectivity index (χ1) is 13.3. The molecule has 2 aromatic heterocycles. The highest BCUT2D eigenvalue weighted by Crippen LogP contribution is 2.37. The van der Waals surface area contributed by atoms with E-state index < -0.39 is 0 Å². The van der Waals surface area contributed by atoms with Gasteiger partial charge >= 0.3 is 0 Å². The summed E-state index contributed by atoms with van der Waals surface area (Å²) in [6.45, 7) is 7.60. The molecule has 150 valence electrons. The number of thiazole rings is 2. The zero-order valence-electron chi connectivity index (χ0n) is 16.3. The maximum absolute atomic E-state index is 12.2. The summed E-state index contributed by atoms with van der Waals surface area (Å²) in [4.78, 5) is 36.9. The molecule has 0 bridgehead atoms. The van der Waals surface area contributed by atoms with Crippen molar-refractivity contribution >= 4 is 65.2 Å². The number of amides is 2. The van der Waals surface area contributed by atoms with Crippen LogP contribution in [0.15, 0.2) is 12.1 Å². The summed E-state index contributed by atoms with van der Waals surface area (Å²) < 4.78 is 1.91. The Morgan fingerprint density at radius 2 is 1.25 bits per heavy atom. The van der Waals surface area contributed by atoms with Crippen LogP contribution in [-0.4, -0.2) is 47.0 Å². The predicted octanol–water partition coefficient (Wildman–Crippen LogP) is 2.31. The molecule has 0 radical (unpaired) electrons. The third-order valence-electron chi connectivity index (χ3n) is 4.21. The molecule has 0 saturated heterocycles. The van der Waals surface area contributed by atoms with Crippen LogP contribution < -0.4 is 21.3 Å². The van der Waals surface area contributed by atoms with E-state index in [2.05, 4.69) is 9.97 Å². The molecule has 0 saturated carbocycles. The van der Waals surface area contributed by atoms with Crippen LogP contribution in [0.1, 0.15) is 27.7 Å². The molecule has 0 aliphatic carbocycles. The van der Waals surface area contributed by atoms with Crippen molar-refractivity contribution in [3.63, 3.8) is 0 Å². The smallest absolute Gasteiger partial charge is 0.242 e. The van der Waals surface area contributed by atoms with Gasteiger partial charge in [-0.3, -0.25) is 19.4 Å². The summed E-state index contributed by atoms with van der Waals surface area (Å²) in [6.07, 6.45) is 0. The molecule has 0 unspecified atom stereocenters. The van der Waals surface area contributed by atoms with Crippen molar-refractivity contribution in [3.05, 3.63) is 12.1 Å². The van der Waals surface area contributed by atoms with Gasteiger partial charge < -0.3 is 11.5 Å². The summed E-state index contributed by atoms with van der Waals surface area (Å²) in [7, 11) is 0. The second-order valence-electron chi connectivity index (χ2n) is 6.90. The van der Waals surface area contributed by atoms with Gasteiger partial charge in [-0.25, -0.2) is 9.97 Å². The van der Waals surface area contributed by atoms with Crippen molar-refractivity contribution < 1.29 is 9.59 Å². The van der Waals surface area contributed by atoms with Crippen LogP contribution in [0.3, 0.4) is 0 Å². The van der Waals surface area contributed by atoms with Crippen molar-refractivity contribution in [1.82, 2.24) is 9.97 Å². The van der Waals surface area contributed by atoms with Gasteiger partial charge in [-0.05, 0) is 39.8 Å². The molecular weight excluding hydrogens is 396 g/mol. The topological polar surface area (TPSA) is 118 Å². The van der Waals surface area contributed by atoms with E-state index in [1.165, 1.54) is 22.7 Å². The standard InChI is InChI=1S/C18H24N6O2S2/c1-9(2)23(15(25)7-19)17-21-11-5-12-14(6-13(11)27-17)28-18(22-12)24(10(3)4)16(26)8-20/h5-6,9-10H,7-8,19-20H2,1-4H3. The maximum Gasteiger partial charge on any atom is 0.242 e. The highest BCUT2D eigenvalue weighted by Gasteiger charge is 2.24. The third kappa shape index (κ3) is 3.72. The average molecular weight is 421 g/mol. The summed E-state index contributed by atoms with van der Waals surface area (Å²) in [5.41, 5.74) is 12.6. The average Bonchev–Trinajstić information content (AvgIpc) is 3.21. The van der Waals surface area contributed by atoms with E-state index in [0.29, 0.717) is 10.3 Å². The van der Waals surface area contributed by atoms with Gasteiger partial charge in [0.2, 0.25) is 11.8 Å². The largest absolute Gasteiger partial charge is 0.322 e. The Labute approximate surface area is 171 Å². The molecular formula is C18H24N6O2S2. The van der Waals surface area contributed by atoms with Crippen molar-refractivity contribution in [2.24, 2.45) is 11.5 Å². The summed E-state index contributed by atoms with van der Waals surface area (Å²) in [5, 5.41) is 1.25. The van der Waals surface area contributed by atoms with Gasteiger partial charge in [-0.15, -0.1) is 0 Å². The van der Waals surface area contributed by atoms with Crippen molar-refractivity contribution in [1.29, 1.82) is 0 Å². The Hall–Kier alpha value is -2.14. The number of hydrogen-bond donors (Lipinski definition) is 2. The number of benzene rings is 1. The lowest BCUT2D eigenvalue weighted by atomic mass is 10.3. The van der Waals surface area contributed by atoms with E-state index in [4.69, 9.17) is 11.5 Å². The molecule has 2 heterocycles. The molecule has 28 heavy (non-hydrogen) atoms. The van der Waals surface area contributed by atoms with Gasteiger partial charge in [0.05, 0.1) is 33.5 Å². The van der Waals surface area contributed by atoms with Crippen LogP contribution in [0.5, 0.6) is 0 Å². The van der Waals surface area contributed by atoms with Crippen LogP contribution in [-0.2, 0) is 9.59 Å². The van der Waals surface area contributed by atoms with Crippen LogP contribution in [0.25, 0.3) is 20.4 Å². The molecule has 3 rings (SSSR count). The number of anilines is 2. The summed E-state index contributed by atoms with van der Waals surface area (Å²) in [5.74, 6) is -0.326. The molecule has 3 aromatic rings. The Morgan fingerprint density at radius 3 is 1.57 bits per heavy atom. The monoisotopic (exact) mass is 420 g/mol. The van der Waals surface area contributed by atoms with E-state index in [-0.39, 0.29) is 37.0 Å². The van der Waals surface area contributed by atoms with E-state index in [0.717, 1.165) is 20.4 Å². The van der Waals surface area contributed by atoms with Crippen LogP contribution in [0.4, 0.5) is 10.3 Å². The molecule has 8 nitrogen and oxygen atoms in total. The third-order valence-corrected chi connectivity index (χ3v) is 6.24. The number of nitrogens with zero attached hydrogens (tertiary/aromatic N) is 4. The maximum atomic E-state index is 12.2. The molecule has 0 aliphatic rings. The van der Waals surface area contributed by atoms with Crippen molar-refractivity contribution in [3.8, 4) is 0 Å². The first kappa shape index (κ1) is 20.6. The minimum absolute atomic E-state index is 0.0377. The normalized spacial score (nSPS) is 11.7. The number of aromatic nitrogens is 2. The number of rotatable bonds is 6. The van der Waals surface area contributed by atoms with E-state index >= 15 is 0 Å². The van der Waals surface area contributed by atoms with E-state index in [1.54, 1.807) is 9.80 Å². The molecule has 0 fully saturated rings. The highest BCUT2D eigenvalue weighted by molar-refractivity contribution is 7.24. The number of nitrogens with two attached hydrogens (primary N) is 2. The van der Waals surface area contributed by atoms with Crippen molar-refractivity contribution in [2.45, 2.75) is 39.8 Å². The second kappa shape index (κ2) is 8.08. The number of carbonyl (C=O) groups excluding carboxylic acids is 2. The molecule has 4 N–H and O–H groups in total. The summed E-state index contributed by atoms with van der Waals surface area (Å²) in [6, 6.07) is 3.82. The number of carbonyl (C=O) groups is 2. The Bertz CT molecular complexity index is 897. The molecule has 2 amide bonds. The van der Waals surface area contributed by atoms with Crippen LogP contribution >= 0.6 is 22.7 Å². The molecule has 0 aliphatic heterocycles. The molecule has 1 aromatic carbocycles. The van der Waals surface area contributed by atoms with Crippen LogP contribution in [0.2, 0.25) is 0 Å². The molecule has 10 heteroatoms. The molecule has 0 spiro atoms. The van der Waals surface area contributed by atoms with Gasteiger partial charge in [-0.2, -0.15) is 0 Å². The molecule has 0 atom stereocenters. The Kier molecular flexibility index (Phi) is 5.94. The fourth-order valence-corrected chi connectivity index (χ4v) is 5.31. The fraction of sp³-hybridized carbons (Fsp3) is 0.444. The fourth-order valence-electron chi connectivity index (χ4n) is 2.96. The SMILES string of the molecule is CC(C)N(C(=O)CN)c1nc2cc3nc(N(C(=O)CN)C(C)C)sc3cc2s1. The minimum Gasteiger partial charge on any atom is -0.322 e. The van der Waals surface area contributed by atoms with Gasteiger partial charge in [0, 0.05) is 12.1 Å². The van der Waals surface area contributed by atoms with Gasteiger partial charge in [0.1, 0.15) is 0 Å². The quantitative estimate of drug-likeness (QED) is 0.632. The summed E-state index contributed by atoms with van der Waals surface area (Å²) >= 11 is 2.89. The zero-order chi connectivity index (χ0) is 20.6. The Morgan fingerprint density at radius 1 is 0.857 bits per heavy atom. The van der Waals surface area contributed by atoms with Gasteiger partial charge in [0.15, 0.2) is 10.3 Å². The lowest BCUT2D eigenvalue weighted by Crippen LogP contribution is -2.40. The van der Waals surface area contributed by atoms with Crippen LogP contribution in [0, 0.1) is 0 Å². The first-order valence-corrected chi connectivity index (χ1v) is 10.7. The van der Waals surface area contributed by atoms with E-state index in [9.17, 15) is 9.59 Å². The van der Waals surface area contributed by atoms with Gasteiger partial charge in [0.25, 0.3) is 0 Å². The van der Waals surface area contributed by atoms with Crippen molar-refractivity contribution in [2.75, 3.05) is 22.9 Å². The Balaban J connectivity index is 2.06. The number of hydrogen-bond acceptors (Lipinski definition) is 8.